The molecule has 67 heavy (non-hydrogen) atoms. The number of benzene rings is 6. The summed E-state index contributed by atoms with van der Waals surface area (Å²) in [6, 6.07) is 52.4. The first-order valence-corrected chi connectivity index (χ1v) is 25.2. The van der Waals surface area contributed by atoms with Gasteiger partial charge >= 0.3 is 0 Å². The van der Waals surface area contributed by atoms with Gasteiger partial charge in [0.15, 0.2) is 0 Å². The highest BCUT2D eigenvalue weighted by atomic mass is 16.5. The zero-order chi connectivity index (χ0) is 45.7. The molecule has 0 spiro atoms. The predicted octanol–water partition coefficient (Wildman–Crippen LogP) is 16.3. The normalized spacial score (nSPS) is 22.0. The molecule has 0 radical (unpaired) electrons. The fourth-order valence-corrected chi connectivity index (χ4v) is 13.8. The van der Waals surface area contributed by atoms with Crippen LogP contribution in [0.3, 0.4) is 0 Å². The first kappa shape index (κ1) is 42.1. The lowest BCUT2D eigenvalue weighted by Gasteiger charge is -2.62. The maximum absolute atomic E-state index is 7.20. The number of nitrogens with zero attached hydrogens (tertiary/aromatic N) is 4. The Bertz CT molecular complexity index is 3120. The topological polar surface area (TPSA) is 33.5 Å². The third-order valence-electron chi connectivity index (χ3n) is 16.6. The molecule has 0 atom stereocenters. The van der Waals surface area contributed by atoms with Crippen molar-refractivity contribution in [2.24, 2.45) is 23.7 Å². The molecule has 13 rings (SSSR count). The number of ether oxygens (including phenoxy) is 1. The van der Waals surface area contributed by atoms with Gasteiger partial charge in [-0.3, -0.25) is 4.57 Å². The molecule has 0 unspecified atom stereocenters. The van der Waals surface area contributed by atoms with Crippen LogP contribution >= 0.6 is 0 Å². The molecule has 5 heteroatoms. The lowest BCUT2D eigenvalue weighted by atomic mass is 9.42. The fourth-order valence-electron chi connectivity index (χ4n) is 13.8. The number of anilines is 3. The van der Waals surface area contributed by atoms with E-state index < -0.39 is 0 Å². The first-order chi connectivity index (χ1) is 32.5. The average molecular weight is 881 g/mol. The summed E-state index contributed by atoms with van der Waals surface area (Å²) < 4.78 is 9.59. The molecular formula is C62H64N4O. The highest BCUT2D eigenvalue weighted by molar-refractivity contribution is 6.09. The maximum Gasteiger partial charge on any atom is 0.137 e. The van der Waals surface area contributed by atoms with Gasteiger partial charge in [-0.15, -0.1) is 0 Å². The van der Waals surface area contributed by atoms with Gasteiger partial charge in [-0.05, 0) is 167 Å². The van der Waals surface area contributed by atoms with E-state index in [0.29, 0.717) is 29.6 Å². The van der Waals surface area contributed by atoms with Crippen LogP contribution in [-0.4, -0.2) is 23.3 Å². The zero-order valence-corrected chi connectivity index (χ0v) is 40.3. The minimum atomic E-state index is -0.00718. The molecule has 8 aromatic rings. The van der Waals surface area contributed by atoms with Gasteiger partial charge in [0, 0.05) is 47.3 Å². The maximum atomic E-state index is 7.20. The van der Waals surface area contributed by atoms with Crippen LogP contribution in [0.2, 0.25) is 0 Å². The van der Waals surface area contributed by atoms with Crippen molar-refractivity contribution >= 4 is 38.9 Å². The van der Waals surface area contributed by atoms with Crippen LogP contribution in [0.5, 0.6) is 11.5 Å². The second kappa shape index (κ2) is 16.2. The standard InChI is InChI=1S/C62H64N4O/c1-38(2)43-32-54(39(3)4)61(55(33-43)40(5)6)44-30-49(65-37-64(7)57-19-13-14-20-58(57)65)35-51(31-44)67-50-21-22-53-52-17-11-12-18-56(52)66(59(53)36-50)60-34-46(23-24-63-60)62(45-15-9-8-10-16-45)47-26-41-25-42(28-47)29-48(62)27-41/h8-24,30-36,38-42,47-48H,25-29,37H2,1-7H3. The molecule has 4 aliphatic carbocycles. The lowest BCUT2D eigenvalue weighted by molar-refractivity contribution is -0.0418. The van der Waals surface area contributed by atoms with Crippen LogP contribution in [0.1, 0.15) is 119 Å². The molecule has 5 aliphatic rings. The number of para-hydroxylation sites is 3. The summed E-state index contributed by atoms with van der Waals surface area (Å²) in [6.07, 6.45) is 8.86. The molecule has 4 bridgehead atoms. The van der Waals surface area contributed by atoms with Gasteiger partial charge in [-0.1, -0.05) is 114 Å². The lowest BCUT2D eigenvalue weighted by Crippen LogP contribution is -2.56. The van der Waals surface area contributed by atoms with Gasteiger partial charge in [0.05, 0.1) is 29.1 Å². The Morgan fingerprint density at radius 1 is 0.567 bits per heavy atom. The van der Waals surface area contributed by atoms with Crippen LogP contribution < -0.4 is 14.5 Å². The number of aromatic nitrogens is 2. The quantitative estimate of drug-likeness (QED) is 0.137. The summed E-state index contributed by atoms with van der Waals surface area (Å²) >= 11 is 0. The van der Waals surface area contributed by atoms with Gasteiger partial charge in [0.2, 0.25) is 0 Å². The van der Waals surface area contributed by atoms with Crippen LogP contribution in [0.4, 0.5) is 17.1 Å². The van der Waals surface area contributed by atoms with Crippen molar-refractivity contribution in [1.29, 1.82) is 0 Å². The minimum absolute atomic E-state index is 0.00718. The Morgan fingerprint density at radius 2 is 1.22 bits per heavy atom. The molecule has 1 aliphatic heterocycles. The number of hydrogen-bond donors (Lipinski definition) is 0. The number of hydrogen-bond acceptors (Lipinski definition) is 4. The highest BCUT2D eigenvalue weighted by Gasteiger charge is 2.58. The summed E-state index contributed by atoms with van der Waals surface area (Å²) in [6.45, 7) is 14.7. The summed E-state index contributed by atoms with van der Waals surface area (Å²) in [5, 5.41) is 2.42. The molecule has 0 N–H and O–H groups in total. The first-order valence-electron chi connectivity index (χ1n) is 25.2. The predicted molar refractivity (Wildman–Crippen MR) is 279 cm³/mol. The third-order valence-corrected chi connectivity index (χ3v) is 16.6. The monoisotopic (exact) mass is 881 g/mol. The van der Waals surface area contributed by atoms with Crippen molar-refractivity contribution in [3.63, 3.8) is 0 Å². The SMILES string of the molecule is CC(C)c1cc(C(C)C)c(-c2cc(Oc3ccc4c5ccccc5n(-c5cc(C6(c7ccccc7)C7CC8CC(C7)CC6C8)ccn5)c4c3)cc(N3CN(C)c4ccccc43)c2)c(C(C)C)c1. The van der Waals surface area contributed by atoms with Crippen LogP contribution in [-0.2, 0) is 5.41 Å². The smallest absolute Gasteiger partial charge is 0.137 e. The van der Waals surface area contributed by atoms with E-state index in [9.17, 15) is 0 Å². The Hall–Kier alpha value is -6.33. The molecule has 5 nitrogen and oxygen atoms in total. The van der Waals surface area contributed by atoms with Crippen molar-refractivity contribution in [2.45, 2.75) is 96.8 Å². The molecule has 4 fully saturated rings. The van der Waals surface area contributed by atoms with E-state index in [2.05, 4.69) is 209 Å². The van der Waals surface area contributed by atoms with Crippen molar-refractivity contribution in [2.75, 3.05) is 23.5 Å². The molecule has 3 heterocycles. The van der Waals surface area contributed by atoms with Crippen LogP contribution in [0.15, 0.2) is 146 Å². The molecular weight excluding hydrogens is 817 g/mol. The Balaban J connectivity index is 1.01. The largest absolute Gasteiger partial charge is 0.457 e. The third kappa shape index (κ3) is 6.81. The van der Waals surface area contributed by atoms with Crippen molar-refractivity contribution < 1.29 is 4.74 Å². The molecule has 338 valence electrons. The van der Waals surface area contributed by atoms with E-state index in [1.165, 1.54) is 93.2 Å². The van der Waals surface area contributed by atoms with Crippen molar-refractivity contribution in [3.8, 4) is 28.4 Å². The Labute approximate surface area is 397 Å². The van der Waals surface area contributed by atoms with E-state index in [-0.39, 0.29) is 5.41 Å². The van der Waals surface area contributed by atoms with E-state index in [4.69, 9.17) is 9.72 Å². The van der Waals surface area contributed by atoms with Crippen molar-refractivity contribution in [1.82, 2.24) is 9.55 Å². The van der Waals surface area contributed by atoms with E-state index in [1.54, 1.807) is 0 Å². The molecule has 0 amide bonds. The van der Waals surface area contributed by atoms with Crippen LogP contribution in [0, 0.1) is 23.7 Å². The van der Waals surface area contributed by atoms with Gasteiger partial charge in [-0.2, -0.15) is 0 Å². The summed E-state index contributed by atoms with van der Waals surface area (Å²) in [5.74, 6) is 6.79. The summed E-state index contributed by atoms with van der Waals surface area (Å²) in [5.41, 5.74) is 15.4. The Kier molecular flexibility index (Phi) is 10.2. The number of rotatable bonds is 10. The highest BCUT2D eigenvalue weighted by Crippen LogP contribution is 2.65. The van der Waals surface area contributed by atoms with Gasteiger partial charge < -0.3 is 14.5 Å². The average Bonchev–Trinajstić information content (AvgIpc) is 3.85. The molecule has 2 aromatic heterocycles. The van der Waals surface area contributed by atoms with E-state index >= 15 is 0 Å². The van der Waals surface area contributed by atoms with E-state index in [1.807, 2.05) is 0 Å². The zero-order valence-electron chi connectivity index (χ0n) is 40.3. The molecule has 6 aromatic carbocycles. The summed E-state index contributed by atoms with van der Waals surface area (Å²) in [7, 11) is 2.18. The van der Waals surface area contributed by atoms with Crippen molar-refractivity contribution in [3.05, 3.63) is 174 Å². The number of fused-ring (bicyclic) bond motifs is 4. The fraction of sp³-hybridized carbons (Fsp3) is 0.339. The van der Waals surface area contributed by atoms with Gasteiger partial charge in [0.1, 0.15) is 17.3 Å². The second-order valence-electron chi connectivity index (χ2n) is 21.6. The number of pyridine rings is 1. The summed E-state index contributed by atoms with van der Waals surface area (Å²) in [4.78, 5) is 10.0. The second-order valence-corrected chi connectivity index (χ2v) is 21.6. The van der Waals surface area contributed by atoms with Gasteiger partial charge in [0.25, 0.3) is 0 Å². The minimum Gasteiger partial charge on any atom is -0.457 e. The van der Waals surface area contributed by atoms with Crippen LogP contribution in [0.25, 0.3) is 38.8 Å². The molecule has 4 saturated carbocycles. The van der Waals surface area contributed by atoms with Gasteiger partial charge in [-0.25, -0.2) is 4.98 Å². The van der Waals surface area contributed by atoms with E-state index in [0.717, 1.165) is 52.5 Å². The Morgan fingerprint density at radius 3 is 1.93 bits per heavy atom. The molecule has 0 saturated heterocycles.